The van der Waals surface area contributed by atoms with Gasteiger partial charge in [-0.3, -0.25) is 9.78 Å². The van der Waals surface area contributed by atoms with Crippen LogP contribution in [0.25, 0.3) is 11.1 Å². The summed E-state index contributed by atoms with van der Waals surface area (Å²) in [5, 5.41) is 12.4. The first-order chi connectivity index (χ1) is 13.0. The van der Waals surface area contributed by atoms with E-state index in [1.807, 2.05) is 62.4 Å². The second-order valence-electron chi connectivity index (χ2n) is 6.32. The average Bonchev–Trinajstić information content (AvgIpc) is 2.67. The molecule has 4 nitrogen and oxygen atoms in total. The largest absolute Gasteiger partial charge is 0.326 e. The fourth-order valence-corrected chi connectivity index (χ4v) is 3.27. The number of carbonyl (C=O) groups is 1. The van der Waals surface area contributed by atoms with E-state index in [0.717, 1.165) is 26.9 Å². The molecule has 1 unspecified atom stereocenters. The summed E-state index contributed by atoms with van der Waals surface area (Å²) < 4.78 is 0.934. The summed E-state index contributed by atoms with van der Waals surface area (Å²) in [6.45, 7) is 3.77. The molecule has 1 N–H and O–H groups in total. The van der Waals surface area contributed by atoms with Gasteiger partial charge in [-0.2, -0.15) is 5.26 Å². The van der Waals surface area contributed by atoms with Gasteiger partial charge in [0, 0.05) is 22.1 Å². The fourth-order valence-electron chi connectivity index (χ4n) is 2.86. The number of nitriles is 1. The first kappa shape index (κ1) is 18.8. The van der Waals surface area contributed by atoms with Crippen LogP contribution in [-0.4, -0.2) is 10.9 Å². The van der Waals surface area contributed by atoms with Crippen LogP contribution in [0.1, 0.15) is 29.7 Å². The second kappa shape index (κ2) is 8.15. The summed E-state index contributed by atoms with van der Waals surface area (Å²) >= 11 is 3.43. The van der Waals surface area contributed by atoms with E-state index in [2.05, 4.69) is 32.3 Å². The number of carbonyl (C=O) groups excluding carboxylic acids is 1. The zero-order chi connectivity index (χ0) is 19.4. The van der Waals surface area contributed by atoms with Gasteiger partial charge in [0.2, 0.25) is 5.91 Å². The lowest BCUT2D eigenvalue weighted by Gasteiger charge is -2.14. The summed E-state index contributed by atoms with van der Waals surface area (Å²) in [6, 6.07) is 19.1. The Bertz CT molecular complexity index is 1040. The van der Waals surface area contributed by atoms with Gasteiger partial charge in [-0.25, -0.2) is 0 Å². The van der Waals surface area contributed by atoms with Crippen molar-refractivity contribution >= 4 is 27.5 Å². The van der Waals surface area contributed by atoms with Crippen LogP contribution in [-0.2, 0) is 4.79 Å². The van der Waals surface area contributed by atoms with Crippen LogP contribution in [0.3, 0.4) is 0 Å². The van der Waals surface area contributed by atoms with E-state index in [0.29, 0.717) is 11.3 Å². The molecule has 1 heterocycles. The topological polar surface area (TPSA) is 65.8 Å². The molecule has 0 bridgehead atoms. The van der Waals surface area contributed by atoms with Crippen molar-refractivity contribution in [3.05, 3.63) is 82.1 Å². The van der Waals surface area contributed by atoms with Gasteiger partial charge < -0.3 is 5.32 Å². The number of aromatic nitrogens is 1. The molecule has 0 fully saturated rings. The zero-order valence-corrected chi connectivity index (χ0v) is 16.6. The van der Waals surface area contributed by atoms with Gasteiger partial charge in [0.25, 0.3) is 0 Å². The molecular formula is C22H18BrN3O. The molecule has 1 amide bonds. The Hall–Kier alpha value is -2.97. The Morgan fingerprint density at radius 2 is 2.00 bits per heavy atom. The maximum atomic E-state index is 12.6. The molecule has 0 saturated carbocycles. The Balaban J connectivity index is 1.84. The molecule has 3 aromatic rings. The van der Waals surface area contributed by atoms with E-state index in [1.54, 1.807) is 12.3 Å². The minimum Gasteiger partial charge on any atom is -0.326 e. The number of hydrogen-bond donors (Lipinski definition) is 1. The van der Waals surface area contributed by atoms with Gasteiger partial charge in [0.1, 0.15) is 0 Å². The number of benzene rings is 2. The van der Waals surface area contributed by atoms with Gasteiger partial charge in [-0.05, 0) is 66.9 Å². The first-order valence-corrected chi connectivity index (χ1v) is 9.30. The van der Waals surface area contributed by atoms with Crippen molar-refractivity contribution in [3.63, 3.8) is 0 Å². The lowest BCUT2D eigenvalue weighted by atomic mass is 9.98. The Labute approximate surface area is 167 Å². The van der Waals surface area contributed by atoms with E-state index in [4.69, 9.17) is 0 Å². The van der Waals surface area contributed by atoms with Crippen LogP contribution in [0.4, 0.5) is 5.69 Å². The van der Waals surface area contributed by atoms with Gasteiger partial charge in [0.15, 0.2) is 0 Å². The first-order valence-electron chi connectivity index (χ1n) is 8.51. The molecule has 0 aliphatic rings. The average molecular weight is 420 g/mol. The molecule has 5 heteroatoms. The predicted molar refractivity (Wildman–Crippen MR) is 110 cm³/mol. The Kier molecular flexibility index (Phi) is 5.68. The van der Waals surface area contributed by atoms with Crippen LogP contribution in [0.15, 0.2) is 65.3 Å². The number of nitrogens with one attached hydrogen (secondary N) is 1. The summed E-state index contributed by atoms with van der Waals surface area (Å²) in [7, 11) is 0. The molecule has 1 aromatic heterocycles. The molecule has 134 valence electrons. The van der Waals surface area contributed by atoms with Crippen molar-refractivity contribution in [3.8, 4) is 17.2 Å². The van der Waals surface area contributed by atoms with Crippen LogP contribution < -0.4 is 5.32 Å². The number of anilines is 1. The third kappa shape index (κ3) is 4.42. The Morgan fingerprint density at radius 1 is 1.19 bits per heavy atom. The van der Waals surface area contributed by atoms with Crippen molar-refractivity contribution in [1.29, 1.82) is 5.26 Å². The van der Waals surface area contributed by atoms with E-state index < -0.39 is 0 Å². The molecule has 0 aliphatic carbocycles. The third-order valence-corrected chi connectivity index (χ3v) is 4.85. The number of pyridine rings is 1. The molecule has 0 spiro atoms. The van der Waals surface area contributed by atoms with Gasteiger partial charge in [-0.15, -0.1) is 0 Å². The quantitative estimate of drug-likeness (QED) is 0.612. The highest BCUT2D eigenvalue weighted by atomic mass is 79.9. The highest BCUT2D eigenvalue weighted by Crippen LogP contribution is 2.27. The smallest absolute Gasteiger partial charge is 0.231 e. The lowest BCUT2D eigenvalue weighted by molar-refractivity contribution is -0.117. The number of rotatable bonds is 4. The van der Waals surface area contributed by atoms with E-state index >= 15 is 0 Å². The van der Waals surface area contributed by atoms with E-state index in [-0.39, 0.29) is 11.8 Å². The molecule has 2 aromatic carbocycles. The number of amides is 1. The number of hydrogen-bond acceptors (Lipinski definition) is 3. The fraction of sp³-hybridized carbons (Fsp3) is 0.136. The molecule has 0 radical (unpaired) electrons. The second-order valence-corrected chi connectivity index (χ2v) is 7.24. The molecular weight excluding hydrogens is 402 g/mol. The van der Waals surface area contributed by atoms with Gasteiger partial charge in [-0.1, -0.05) is 34.1 Å². The summed E-state index contributed by atoms with van der Waals surface area (Å²) in [5.74, 6) is -0.431. The van der Waals surface area contributed by atoms with Crippen LogP contribution in [0.2, 0.25) is 0 Å². The van der Waals surface area contributed by atoms with Crippen LogP contribution >= 0.6 is 15.9 Å². The maximum Gasteiger partial charge on any atom is 0.231 e. The molecule has 1 atom stereocenters. The van der Waals surface area contributed by atoms with Crippen molar-refractivity contribution in [2.24, 2.45) is 0 Å². The zero-order valence-electron chi connectivity index (χ0n) is 15.0. The molecule has 27 heavy (non-hydrogen) atoms. The van der Waals surface area contributed by atoms with Crippen LogP contribution in [0, 0.1) is 18.3 Å². The summed E-state index contributed by atoms with van der Waals surface area (Å²) in [4.78, 5) is 16.8. The molecule has 0 saturated heterocycles. The van der Waals surface area contributed by atoms with Crippen molar-refractivity contribution in [2.45, 2.75) is 19.8 Å². The maximum absolute atomic E-state index is 12.6. The number of aryl methyl sites for hydroxylation is 1. The highest BCUT2D eigenvalue weighted by molar-refractivity contribution is 9.10. The van der Waals surface area contributed by atoms with Gasteiger partial charge in [0.05, 0.1) is 17.6 Å². The Morgan fingerprint density at radius 3 is 2.70 bits per heavy atom. The lowest BCUT2D eigenvalue weighted by Crippen LogP contribution is -2.19. The highest BCUT2D eigenvalue weighted by Gasteiger charge is 2.16. The van der Waals surface area contributed by atoms with Crippen LogP contribution in [0.5, 0.6) is 0 Å². The normalized spacial score (nSPS) is 11.5. The van der Waals surface area contributed by atoms with Crippen molar-refractivity contribution in [1.82, 2.24) is 4.98 Å². The minimum absolute atomic E-state index is 0.121. The van der Waals surface area contributed by atoms with E-state index in [9.17, 15) is 10.1 Å². The third-order valence-electron chi connectivity index (χ3n) is 4.36. The number of halogens is 1. The van der Waals surface area contributed by atoms with Crippen molar-refractivity contribution in [2.75, 3.05) is 5.32 Å². The van der Waals surface area contributed by atoms with Crippen molar-refractivity contribution < 1.29 is 4.79 Å². The summed E-state index contributed by atoms with van der Waals surface area (Å²) in [6.07, 6.45) is 1.72. The molecule has 3 rings (SSSR count). The van der Waals surface area contributed by atoms with E-state index in [1.165, 1.54) is 0 Å². The molecule has 0 aliphatic heterocycles. The predicted octanol–water partition coefficient (Wildman–Crippen LogP) is 5.43. The standard InChI is InChI=1S/C22H18BrN3O/c1-14-10-17(8-9-25-14)21-7-6-20(12-18(21)13-24)26-22(27)15(2)16-4-3-5-19(23)11-16/h3-12,15H,1-2H3,(H,26,27). The number of nitrogens with zero attached hydrogens (tertiary/aromatic N) is 2. The SMILES string of the molecule is Cc1cc(-c2ccc(NC(=O)C(C)c3cccc(Br)c3)cc2C#N)ccn1. The van der Waals surface area contributed by atoms with Gasteiger partial charge >= 0.3 is 0 Å². The monoisotopic (exact) mass is 419 g/mol. The summed E-state index contributed by atoms with van der Waals surface area (Å²) in [5.41, 5.74) is 4.67. The minimum atomic E-state index is -0.310.